The molecule has 0 bridgehead atoms. The summed E-state index contributed by atoms with van der Waals surface area (Å²) in [5, 5.41) is 0.345. The summed E-state index contributed by atoms with van der Waals surface area (Å²) in [6.45, 7) is 0.879. The third-order valence-electron chi connectivity index (χ3n) is 4.57. The van der Waals surface area contributed by atoms with E-state index in [1.54, 1.807) is 17.0 Å². The zero-order chi connectivity index (χ0) is 18.2. The van der Waals surface area contributed by atoms with Crippen molar-refractivity contribution in [2.75, 3.05) is 37.7 Å². The van der Waals surface area contributed by atoms with Gasteiger partial charge in [0, 0.05) is 31.2 Å². The lowest BCUT2D eigenvalue weighted by Gasteiger charge is -2.35. The normalized spacial score (nSPS) is 24.4. The van der Waals surface area contributed by atoms with Gasteiger partial charge in [0.25, 0.3) is 0 Å². The van der Waals surface area contributed by atoms with Crippen molar-refractivity contribution in [3.8, 4) is 0 Å². The van der Waals surface area contributed by atoms with Crippen LogP contribution in [-0.2, 0) is 24.7 Å². The van der Waals surface area contributed by atoms with Crippen LogP contribution in [0.5, 0.6) is 0 Å². The van der Waals surface area contributed by atoms with Gasteiger partial charge in [-0.15, -0.1) is 0 Å². The van der Waals surface area contributed by atoms with Crippen molar-refractivity contribution in [1.29, 1.82) is 0 Å². The number of hydrogen-bond acceptors (Lipinski definition) is 5. The summed E-state index contributed by atoms with van der Waals surface area (Å²) in [6, 6.07) is 6.07. The third-order valence-corrected chi connectivity index (χ3v) is 8.46. The Morgan fingerprint density at radius 3 is 2.40 bits per heavy atom. The Hall–Kier alpha value is -1.16. The Morgan fingerprint density at radius 2 is 1.84 bits per heavy atom. The zero-order valence-corrected chi connectivity index (χ0v) is 15.9. The number of halogens is 1. The second-order valence-corrected chi connectivity index (χ2v) is 10.9. The Morgan fingerprint density at radius 1 is 1.16 bits per heavy atom. The predicted octanol–water partition coefficient (Wildman–Crippen LogP) is 0.608. The van der Waals surface area contributed by atoms with Crippen molar-refractivity contribution in [2.24, 2.45) is 5.92 Å². The molecule has 10 heteroatoms. The fourth-order valence-electron chi connectivity index (χ4n) is 3.17. The van der Waals surface area contributed by atoms with Gasteiger partial charge in [-0.05, 0) is 24.6 Å². The highest BCUT2D eigenvalue weighted by Gasteiger charge is 2.37. The van der Waals surface area contributed by atoms with Crippen molar-refractivity contribution < 1.29 is 21.6 Å². The molecule has 0 unspecified atom stereocenters. The number of amides is 1. The van der Waals surface area contributed by atoms with Crippen molar-refractivity contribution in [3.05, 3.63) is 29.3 Å². The van der Waals surface area contributed by atoms with E-state index in [1.807, 2.05) is 0 Å². The summed E-state index contributed by atoms with van der Waals surface area (Å²) in [6.07, 6.45) is 0.349. The van der Waals surface area contributed by atoms with Gasteiger partial charge < -0.3 is 4.90 Å². The van der Waals surface area contributed by atoms with E-state index in [0.29, 0.717) is 11.4 Å². The first-order valence-corrected chi connectivity index (χ1v) is 11.6. The lowest BCUT2D eigenvalue weighted by Crippen LogP contribution is -2.52. The second-order valence-electron chi connectivity index (χ2n) is 6.29. The minimum atomic E-state index is -3.66. The van der Waals surface area contributed by atoms with Crippen molar-refractivity contribution in [3.63, 3.8) is 0 Å². The number of piperazine rings is 1. The Bertz CT molecular complexity index is 877. The molecule has 1 atom stereocenters. The number of nitrogens with zero attached hydrogens (tertiary/aromatic N) is 2. The maximum Gasteiger partial charge on any atom is 0.243 e. The monoisotopic (exact) mass is 406 g/mol. The summed E-state index contributed by atoms with van der Waals surface area (Å²) in [7, 11) is -6.78. The molecule has 2 fully saturated rings. The van der Waals surface area contributed by atoms with Gasteiger partial charge in [0.1, 0.15) is 0 Å². The quantitative estimate of drug-likeness (QED) is 0.733. The largest absolute Gasteiger partial charge is 0.340 e. The topological polar surface area (TPSA) is 91.8 Å². The molecular formula is C15H19ClN2O5S2. The summed E-state index contributed by atoms with van der Waals surface area (Å²) < 4.78 is 49.7. The molecule has 0 aromatic heterocycles. The molecule has 1 aromatic carbocycles. The highest BCUT2D eigenvalue weighted by atomic mass is 35.5. The van der Waals surface area contributed by atoms with E-state index in [4.69, 9.17) is 11.6 Å². The summed E-state index contributed by atoms with van der Waals surface area (Å²) in [4.78, 5) is 14.1. The molecule has 2 aliphatic heterocycles. The Kier molecular flexibility index (Phi) is 5.11. The van der Waals surface area contributed by atoms with E-state index < -0.39 is 25.8 Å². The first-order chi connectivity index (χ1) is 11.7. The molecule has 0 spiro atoms. The van der Waals surface area contributed by atoms with Crippen LogP contribution >= 0.6 is 11.6 Å². The van der Waals surface area contributed by atoms with Crippen molar-refractivity contribution >= 4 is 37.4 Å². The summed E-state index contributed by atoms with van der Waals surface area (Å²) >= 11 is 5.87. The lowest BCUT2D eigenvalue weighted by atomic mass is 10.1. The van der Waals surface area contributed by atoms with Gasteiger partial charge >= 0.3 is 0 Å². The van der Waals surface area contributed by atoms with E-state index in [9.17, 15) is 21.6 Å². The molecule has 0 aliphatic carbocycles. The van der Waals surface area contributed by atoms with Crippen molar-refractivity contribution in [2.45, 2.75) is 11.3 Å². The molecule has 3 rings (SSSR count). The van der Waals surface area contributed by atoms with Gasteiger partial charge in [0.2, 0.25) is 15.9 Å². The first kappa shape index (κ1) is 18.6. The first-order valence-electron chi connectivity index (χ1n) is 7.94. The number of benzene rings is 1. The molecule has 138 valence electrons. The minimum Gasteiger partial charge on any atom is -0.340 e. The van der Waals surface area contributed by atoms with E-state index in [1.165, 1.54) is 16.4 Å². The lowest BCUT2D eigenvalue weighted by molar-refractivity contribution is -0.135. The number of hydrogen-bond donors (Lipinski definition) is 0. The van der Waals surface area contributed by atoms with Gasteiger partial charge in [-0.1, -0.05) is 17.7 Å². The van der Waals surface area contributed by atoms with Crippen LogP contribution in [0.3, 0.4) is 0 Å². The Balaban J connectivity index is 1.65. The molecule has 0 saturated carbocycles. The number of carbonyl (C=O) groups is 1. The van der Waals surface area contributed by atoms with Crippen LogP contribution < -0.4 is 0 Å². The minimum absolute atomic E-state index is 0.0481. The van der Waals surface area contributed by atoms with E-state index in [-0.39, 0.29) is 48.5 Å². The number of sulfonamides is 1. The van der Waals surface area contributed by atoms with Gasteiger partial charge in [0.15, 0.2) is 9.84 Å². The predicted molar refractivity (Wildman–Crippen MR) is 93.6 cm³/mol. The van der Waals surface area contributed by atoms with Crippen molar-refractivity contribution in [1.82, 2.24) is 9.21 Å². The van der Waals surface area contributed by atoms with E-state index in [2.05, 4.69) is 0 Å². The van der Waals surface area contributed by atoms with Crippen LogP contribution in [0.2, 0.25) is 5.02 Å². The van der Waals surface area contributed by atoms with Crippen LogP contribution in [-0.4, -0.2) is 69.6 Å². The fraction of sp³-hybridized carbons (Fsp3) is 0.533. The van der Waals surface area contributed by atoms with Crippen LogP contribution in [0.15, 0.2) is 29.2 Å². The third kappa shape index (κ3) is 3.99. The van der Waals surface area contributed by atoms with Gasteiger partial charge in [-0.2, -0.15) is 4.31 Å². The number of sulfone groups is 1. The molecule has 1 aromatic rings. The SMILES string of the molecule is O=C([C@H]1CCS(=O)(=O)C1)N1CCN(S(=O)(=O)c2cccc(Cl)c2)CC1. The van der Waals surface area contributed by atoms with E-state index in [0.717, 1.165) is 0 Å². The number of rotatable bonds is 3. The molecule has 2 aliphatic rings. The molecular weight excluding hydrogens is 388 g/mol. The van der Waals surface area contributed by atoms with Crippen LogP contribution in [0.4, 0.5) is 0 Å². The zero-order valence-electron chi connectivity index (χ0n) is 13.5. The van der Waals surface area contributed by atoms with E-state index >= 15 is 0 Å². The molecule has 25 heavy (non-hydrogen) atoms. The standard InChI is InChI=1S/C15H19ClN2O5S2/c16-13-2-1-3-14(10-13)25(22,23)18-7-5-17(6-8-18)15(19)12-4-9-24(20,21)11-12/h1-3,10,12H,4-9,11H2/t12-/m0/s1. The van der Waals surface area contributed by atoms with Crippen LogP contribution in [0.25, 0.3) is 0 Å². The number of carbonyl (C=O) groups excluding carboxylic acids is 1. The van der Waals surface area contributed by atoms with Crippen LogP contribution in [0, 0.1) is 5.92 Å². The Labute approximate surface area is 152 Å². The highest BCUT2D eigenvalue weighted by Crippen LogP contribution is 2.24. The average Bonchev–Trinajstić information content (AvgIpc) is 2.94. The summed E-state index contributed by atoms with van der Waals surface area (Å²) in [5.74, 6) is -0.749. The average molecular weight is 407 g/mol. The van der Waals surface area contributed by atoms with Gasteiger partial charge in [-0.3, -0.25) is 4.79 Å². The van der Waals surface area contributed by atoms with Gasteiger partial charge in [-0.25, -0.2) is 16.8 Å². The maximum atomic E-state index is 12.6. The molecule has 2 heterocycles. The second kappa shape index (κ2) is 6.86. The molecule has 2 saturated heterocycles. The molecule has 0 radical (unpaired) electrons. The van der Waals surface area contributed by atoms with Crippen LogP contribution in [0.1, 0.15) is 6.42 Å². The molecule has 1 amide bonds. The maximum absolute atomic E-state index is 12.6. The smallest absolute Gasteiger partial charge is 0.243 e. The van der Waals surface area contributed by atoms with Gasteiger partial charge in [0.05, 0.1) is 22.3 Å². The summed E-state index contributed by atoms with van der Waals surface area (Å²) in [5.41, 5.74) is 0. The molecule has 7 nitrogen and oxygen atoms in total. The fourth-order valence-corrected chi connectivity index (χ4v) is 6.63. The molecule has 0 N–H and O–H groups in total. The highest BCUT2D eigenvalue weighted by molar-refractivity contribution is 7.91.